The lowest BCUT2D eigenvalue weighted by molar-refractivity contribution is -0.0105. The van der Waals surface area contributed by atoms with Crippen molar-refractivity contribution in [3.63, 3.8) is 0 Å². The second kappa shape index (κ2) is 2.37. The molecule has 0 amide bonds. The van der Waals surface area contributed by atoms with E-state index in [0.29, 0.717) is 0 Å². The van der Waals surface area contributed by atoms with E-state index < -0.39 is 0 Å². The van der Waals surface area contributed by atoms with Gasteiger partial charge in [0, 0.05) is 0 Å². The summed E-state index contributed by atoms with van der Waals surface area (Å²) in [6, 6.07) is 0. The molecule has 0 saturated carbocycles. The highest BCUT2D eigenvalue weighted by Gasteiger charge is 2.25. The van der Waals surface area contributed by atoms with Crippen molar-refractivity contribution in [2.24, 2.45) is 0 Å². The molecule has 0 unspecified atom stereocenters. The first-order valence-electron chi connectivity index (χ1n) is 3.23. The van der Waals surface area contributed by atoms with Crippen molar-refractivity contribution < 1.29 is 24.4 Å². The molecule has 0 aromatic heterocycles. The molecular weight excluding hydrogens is 164 g/mol. The van der Waals surface area contributed by atoms with Gasteiger partial charge in [-0.2, -0.15) is 0 Å². The summed E-state index contributed by atoms with van der Waals surface area (Å²) in [4.78, 5) is 0. The van der Waals surface area contributed by atoms with Crippen LogP contribution in [0.4, 0.5) is 0 Å². The number of fused-ring (bicyclic) bond motifs is 1. The number of aliphatic hydroxyl groups excluding tert-OH is 2. The third-order valence-corrected chi connectivity index (χ3v) is 1.44. The van der Waals surface area contributed by atoms with Crippen LogP contribution >= 0.6 is 0 Å². The van der Waals surface area contributed by atoms with Crippen LogP contribution in [0.5, 0.6) is 0 Å². The number of hydrogen-bond acceptors (Lipinski definition) is 5. The highest BCUT2D eigenvalue weighted by atomic mass is 16.7. The number of aliphatic hydroxyl groups is 2. The standard InChI is InChI=1S/C7H6O5/c8-4-1-11-5-2-10-3-12-7(5)6(4)9/h1-2,8-9H,3H2. The van der Waals surface area contributed by atoms with E-state index in [1.807, 2.05) is 0 Å². The maximum Gasteiger partial charge on any atom is 0.230 e. The van der Waals surface area contributed by atoms with Gasteiger partial charge in [-0.3, -0.25) is 0 Å². The quantitative estimate of drug-likeness (QED) is 0.568. The SMILES string of the molecule is OC1=COC2=COCOC2=C1O. The molecule has 64 valence electrons. The Morgan fingerprint density at radius 3 is 2.92 bits per heavy atom. The Morgan fingerprint density at radius 2 is 2.08 bits per heavy atom. The summed E-state index contributed by atoms with van der Waals surface area (Å²) >= 11 is 0. The van der Waals surface area contributed by atoms with Crippen molar-refractivity contribution in [3.05, 3.63) is 35.6 Å². The van der Waals surface area contributed by atoms with Crippen LogP contribution < -0.4 is 0 Å². The van der Waals surface area contributed by atoms with E-state index in [4.69, 9.17) is 19.3 Å². The fraction of sp³-hybridized carbons (Fsp3) is 0.143. The molecule has 2 rings (SSSR count). The molecule has 2 N–H and O–H groups in total. The molecule has 0 atom stereocenters. The lowest BCUT2D eigenvalue weighted by Crippen LogP contribution is -2.14. The summed E-state index contributed by atoms with van der Waals surface area (Å²) in [6.45, 7) is -0.000463. The lowest BCUT2D eigenvalue weighted by Gasteiger charge is -2.21. The molecule has 0 saturated heterocycles. The Balaban J connectivity index is 2.44. The third kappa shape index (κ3) is 0.868. The van der Waals surface area contributed by atoms with E-state index in [2.05, 4.69) is 0 Å². The fourth-order valence-electron chi connectivity index (χ4n) is 0.885. The topological polar surface area (TPSA) is 68.2 Å². The summed E-state index contributed by atoms with van der Waals surface area (Å²) in [6.07, 6.45) is 2.31. The Morgan fingerprint density at radius 1 is 1.25 bits per heavy atom. The van der Waals surface area contributed by atoms with Crippen LogP contribution in [0.3, 0.4) is 0 Å². The van der Waals surface area contributed by atoms with Crippen LogP contribution in [0.25, 0.3) is 0 Å². The highest BCUT2D eigenvalue weighted by Crippen LogP contribution is 2.27. The van der Waals surface area contributed by atoms with E-state index in [1.54, 1.807) is 0 Å². The van der Waals surface area contributed by atoms with Gasteiger partial charge in [0.1, 0.15) is 12.5 Å². The van der Waals surface area contributed by atoms with Crippen molar-refractivity contribution in [1.82, 2.24) is 0 Å². The van der Waals surface area contributed by atoms with E-state index in [-0.39, 0.29) is 29.8 Å². The van der Waals surface area contributed by atoms with Crippen molar-refractivity contribution in [1.29, 1.82) is 0 Å². The molecule has 12 heavy (non-hydrogen) atoms. The second-order valence-electron chi connectivity index (χ2n) is 2.21. The van der Waals surface area contributed by atoms with Crippen LogP contribution in [0.15, 0.2) is 35.6 Å². The monoisotopic (exact) mass is 170 g/mol. The van der Waals surface area contributed by atoms with Crippen molar-refractivity contribution in [2.45, 2.75) is 0 Å². The Labute approximate surface area is 67.8 Å². The molecule has 0 aliphatic carbocycles. The maximum atomic E-state index is 9.23. The molecule has 0 fully saturated rings. The Kier molecular flexibility index (Phi) is 1.36. The summed E-state index contributed by atoms with van der Waals surface area (Å²) in [5.74, 6) is -0.349. The molecule has 2 heterocycles. The van der Waals surface area contributed by atoms with Crippen LogP contribution in [-0.4, -0.2) is 17.0 Å². The zero-order chi connectivity index (χ0) is 8.55. The van der Waals surface area contributed by atoms with Gasteiger partial charge < -0.3 is 24.4 Å². The van der Waals surface area contributed by atoms with Gasteiger partial charge in [0.25, 0.3) is 0 Å². The van der Waals surface area contributed by atoms with Crippen LogP contribution in [0.2, 0.25) is 0 Å². The van der Waals surface area contributed by atoms with Crippen LogP contribution in [0, 0.1) is 0 Å². The van der Waals surface area contributed by atoms with Crippen LogP contribution in [-0.2, 0) is 14.2 Å². The van der Waals surface area contributed by atoms with Gasteiger partial charge in [-0.15, -0.1) is 0 Å². The smallest absolute Gasteiger partial charge is 0.230 e. The Bertz CT molecular complexity index is 299. The summed E-state index contributed by atoms with van der Waals surface area (Å²) < 4.78 is 14.5. The summed E-state index contributed by atoms with van der Waals surface area (Å²) in [7, 11) is 0. The minimum absolute atomic E-state index is 0.000463. The van der Waals surface area contributed by atoms with E-state index in [1.165, 1.54) is 6.26 Å². The molecule has 0 aromatic carbocycles. The Hall–Kier alpha value is -1.78. The molecule has 5 nitrogen and oxygen atoms in total. The normalized spacial score (nSPS) is 21.0. The lowest BCUT2D eigenvalue weighted by atomic mass is 10.3. The summed E-state index contributed by atoms with van der Waals surface area (Å²) in [5, 5.41) is 18.2. The van der Waals surface area contributed by atoms with Gasteiger partial charge in [-0.1, -0.05) is 0 Å². The van der Waals surface area contributed by atoms with E-state index in [9.17, 15) is 5.11 Å². The third-order valence-electron chi connectivity index (χ3n) is 1.44. The first-order valence-corrected chi connectivity index (χ1v) is 3.23. The molecule has 5 heteroatoms. The van der Waals surface area contributed by atoms with E-state index in [0.717, 1.165) is 6.26 Å². The predicted octanol–water partition coefficient (Wildman–Crippen LogP) is 1.03. The second-order valence-corrected chi connectivity index (χ2v) is 2.21. The molecule has 2 aliphatic heterocycles. The first kappa shape index (κ1) is 6.90. The molecule has 0 spiro atoms. The summed E-state index contributed by atoms with van der Waals surface area (Å²) in [5.41, 5.74) is 0. The average molecular weight is 170 g/mol. The fourth-order valence-corrected chi connectivity index (χ4v) is 0.885. The zero-order valence-electron chi connectivity index (χ0n) is 5.98. The van der Waals surface area contributed by atoms with Gasteiger partial charge in [0.2, 0.25) is 24.1 Å². The molecule has 2 aliphatic rings. The molecular formula is C7H6O5. The number of ether oxygens (including phenoxy) is 3. The van der Waals surface area contributed by atoms with Gasteiger partial charge in [-0.25, -0.2) is 0 Å². The maximum absolute atomic E-state index is 9.23. The minimum Gasteiger partial charge on any atom is -0.502 e. The van der Waals surface area contributed by atoms with Gasteiger partial charge in [-0.05, 0) is 0 Å². The van der Waals surface area contributed by atoms with Crippen molar-refractivity contribution in [3.8, 4) is 0 Å². The van der Waals surface area contributed by atoms with Gasteiger partial charge in [0.05, 0.1) is 0 Å². The minimum atomic E-state index is -0.357. The van der Waals surface area contributed by atoms with Crippen molar-refractivity contribution in [2.75, 3.05) is 6.79 Å². The highest BCUT2D eigenvalue weighted by molar-refractivity contribution is 5.34. The average Bonchev–Trinajstić information content (AvgIpc) is 2.12. The largest absolute Gasteiger partial charge is 0.502 e. The van der Waals surface area contributed by atoms with E-state index >= 15 is 0 Å². The first-order chi connectivity index (χ1) is 5.79. The number of rotatable bonds is 0. The molecule has 0 aromatic rings. The van der Waals surface area contributed by atoms with Gasteiger partial charge in [0.15, 0.2) is 5.76 Å². The molecule has 0 bridgehead atoms. The van der Waals surface area contributed by atoms with Crippen LogP contribution in [0.1, 0.15) is 0 Å². The number of hydrogen-bond donors (Lipinski definition) is 2. The van der Waals surface area contributed by atoms with Crippen molar-refractivity contribution >= 4 is 0 Å². The predicted molar refractivity (Wildman–Crippen MR) is 36.6 cm³/mol. The zero-order valence-corrected chi connectivity index (χ0v) is 5.98. The van der Waals surface area contributed by atoms with Gasteiger partial charge >= 0.3 is 0 Å². The molecule has 0 radical (unpaired) electrons.